The van der Waals surface area contributed by atoms with Gasteiger partial charge in [-0.05, 0) is 58.8 Å². The monoisotopic (exact) mass is 234 g/mol. The van der Waals surface area contributed by atoms with Crippen molar-refractivity contribution in [2.75, 3.05) is 19.6 Å². The lowest BCUT2D eigenvalue weighted by molar-refractivity contribution is 0.419. The summed E-state index contributed by atoms with van der Waals surface area (Å²) >= 11 is 0. The molecule has 96 valence electrons. The van der Waals surface area contributed by atoms with Gasteiger partial charge in [0, 0.05) is 5.54 Å². The first-order chi connectivity index (χ1) is 8.08. The van der Waals surface area contributed by atoms with Crippen LogP contribution in [0, 0.1) is 0 Å². The van der Waals surface area contributed by atoms with Crippen LogP contribution in [0.5, 0.6) is 0 Å². The van der Waals surface area contributed by atoms with Gasteiger partial charge in [0.05, 0.1) is 0 Å². The lowest BCUT2D eigenvalue weighted by Gasteiger charge is -2.20. The molecule has 1 aromatic carbocycles. The van der Waals surface area contributed by atoms with Crippen molar-refractivity contribution in [2.24, 2.45) is 0 Å². The third-order valence-corrected chi connectivity index (χ3v) is 2.62. The largest absolute Gasteiger partial charge is 0.316 e. The minimum Gasteiger partial charge on any atom is -0.316 e. The summed E-state index contributed by atoms with van der Waals surface area (Å²) in [5.74, 6) is 0. The van der Waals surface area contributed by atoms with E-state index in [0.717, 1.165) is 26.1 Å². The third kappa shape index (κ3) is 7.94. The molecule has 2 N–H and O–H groups in total. The van der Waals surface area contributed by atoms with Crippen LogP contribution in [0.4, 0.5) is 0 Å². The molecule has 0 amide bonds. The standard InChI is InChI=1S/C15H26N2/c1-15(2,3)17-12-7-11-16-13-10-14-8-5-4-6-9-14/h4-6,8-9,16-17H,7,10-13H2,1-3H3. The van der Waals surface area contributed by atoms with Crippen molar-refractivity contribution in [2.45, 2.75) is 39.2 Å². The van der Waals surface area contributed by atoms with Gasteiger partial charge in [-0.1, -0.05) is 30.3 Å². The SMILES string of the molecule is CC(C)(C)NCCCNCCc1ccccc1. The molecule has 0 heterocycles. The summed E-state index contributed by atoms with van der Waals surface area (Å²) in [4.78, 5) is 0. The van der Waals surface area contributed by atoms with Crippen molar-refractivity contribution in [3.8, 4) is 0 Å². The maximum atomic E-state index is 3.49. The molecule has 0 atom stereocenters. The Kier molecular flexibility index (Phi) is 6.23. The smallest absolute Gasteiger partial charge is 0.00965 e. The molecule has 0 aliphatic rings. The molecule has 0 aliphatic heterocycles. The zero-order valence-electron chi connectivity index (χ0n) is 11.4. The Morgan fingerprint density at radius 1 is 0.941 bits per heavy atom. The van der Waals surface area contributed by atoms with Crippen LogP contribution in [0.1, 0.15) is 32.8 Å². The minimum absolute atomic E-state index is 0.240. The van der Waals surface area contributed by atoms with E-state index in [9.17, 15) is 0 Å². The minimum atomic E-state index is 0.240. The summed E-state index contributed by atoms with van der Waals surface area (Å²) in [5.41, 5.74) is 1.65. The van der Waals surface area contributed by atoms with Gasteiger partial charge in [0.25, 0.3) is 0 Å². The molecule has 1 rings (SSSR count). The van der Waals surface area contributed by atoms with Gasteiger partial charge in [-0.3, -0.25) is 0 Å². The van der Waals surface area contributed by atoms with Crippen LogP contribution in [-0.2, 0) is 6.42 Å². The first-order valence-electron chi connectivity index (χ1n) is 6.57. The topological polar surface area (TPSA) is 24.1 Å². The van der Waals surface area contributed by atoms with Gasteiger partial charge in [-0.15, -0.1) is 0 Å². The third-order valence-electron chi connectivity index (χ3n) is 2.62. The number of hydrogen-bond donors (Lipinski definition) is 2. The summed E-state index contributed by atoms with van der Waals surface area (Å²) < 4.78 is 0. The molecular formula is C15H26N2. The molecule has 2 nitrogen and oxygen atoms in total. The van der Waals surface area contributed by atoms with Crippen LogP contribution in [0.2, 0.25) is 0 Å². The summed E-state index contributed by atoms with van der Waals surface area (Å²) in [6.07, 6.45) is 2.31. The van der Waals surface area contributed by atoms with Crippen LogP contribution < -0.4 is 10.6 Å². The molecule has 1 aromatic rings. The molecule has 0 aliphatic carbocycles. The van der Waals surface area contributed by atoms with Crippen molar-refractivity contribution in [1.82, 2.24) is 10.6 Å². The second-order valence-corrected chi connectivity index (χ2v) is 5.52. The van der Waals surface area contributed by atoms with Crippen LogP contribution in [0.15, 0.2) is 30.3 Å². The highest BCUT2D eigenvalue weighted by Crippen LogP contribution is 1.99. The summed E-state index contributed by atoms with van der Waals surface area (Å²) in [6.45, 7) is 9.86. The molecule has 0 spiro atoms. The number of nitrogens with one attached hydrogen (secondary N) is 2. The number of hydrogen-bond acceptors (Lipinski definition) is 2. The zero-order chi connectivity index (χ0) is 12.6. The van der Waals surface area contributed by atoms with Crippen molar-refractivity contribution in [1.29, 1.82) is 0 Å². The van der Waals surface area contributed by atoms with Crippen LogP contribution in [0.25, 0.3) is 0 Å². The lowest BCUT2D eigenvalue weighted by atomic mass is 10.1. The van der Waals surface area contributed by atoms with Crippen molar-refractivity contribution in [3.05, 3.63) is 35.9 Å². The second kappa shape index (κ2) is 7.46. The molecule has 0 saturated heterocycles. The maximum absolute atomic E-state index is 3.49. The van der Waals surface area contributed by atoms with Gasteiger partial charge in [-0.25, -0.2) is 0 Å². The fourth-order valence-electron chi connectivity index (χ4n) is 1.68. The highest BCUT2D eigenvalue weighted by Gasteiger charge is 2.06. The van der Waals surface area contributed by atoms with E-state index in [1.807, 2.05) is 0 Å². The molecule has 17 heavy (non-hydrogen) atoms. The average molecular weight is 234 g/mol. The van der Waals surface area contributed by atoms with Crippen molar-refractivity contribution < 1.29 is 0 Å². The first kappa shape index (κ1) is 14.2. The Labute approximate surface area is 106 Å². The fraction of sp³-hybridized carbons (Fsp3) is 0.600. The second-order valence-electron chi connectivity index (χ2n) is 5.52. The van der Waals surface area contributed by atoms with E-state index in [4.69, 9.17) is 0 Å². The Hall–Kier alpha value is -0.860. The van der Waals surface area contributed by atoms with Crippen molar-refractivity contribution in [3.63, 3.8) is 0 Å². The average Bonchev–Trinajstić information content (AvgIpc) is 2.28. The fourth-order valence-corrected chi connectivity index (χ4v) is 1.68. The first-order valence-corrected chi connectivity index (χ1v) is 6.57. The van der Waals surface area contributed by atoms with E-state index in [-0.39, 0.29) is 5.54 Å². The normalized spacial score (nSPS) is 11.7. The quantitative estimate of drug-likeness (QED) is 0.709. The molecule has 0 saturated carbocycles. The van der Waals surface area contributed by atoms with E-state index in [0.29, 0.717) is 0 Å². The zero-order valence-corrected chi connectivity index (χ0v) is 11.4. The Bertz CT molecular complexity index is 288. The molecular weight excluding hydrogens is 208 g/mol. The van der Waals surface area contributed by atoms with Gasteiger partial charge in [0.1, 0.15) is 0 Å². The highest BCUT2D eigenvalue weighted by atomic mass is 14.9. The summed E-state index contributed by atoms with van der Waals surface area (Å²) in [7, 11) is 0. The molecule has 0 bridgehead atoms. The van der Waals surface area contributed by atoms with E-state index < -0.39 is 0 Å². The van der Waals surface area contributed by atoms with Gasteiger partial charge in [-0.2, -0.15) is 0 Å². The number of benzene rings is 1. The lowest BCUT2D eigenvalue weighted by Crippen LogP contribution is -2.37. The van der Waals surface area contributed by atoms with Gasteiger partial charge in [0.15, 0.2) is 0 Å². The molecule has 0 unspecified atom stereocenters. The van der Waals surface area contributed by atoms with Gasteiger partial charge < -0.3 is 10.6 Å². The summed E-state index contributed by atoms with van der Waals surface area (Å²) in [6, 6.07) is 10.6. The van der Waals surface area contributed by atoms with Crippen molar-refractivity contribution >= 4 is 0 Å². The van der Waals surface area contributed by atoms with E-state index in [2.05, 4.69) is 61.7 Å². The van der Waals surface area contributed by atoms with E-state index in [1.54, 1.807) is 0 Å². The van der Waals surface area contributed by atoms with Gasteiger partial charge in [0.2, 0.25) is 0 Å². The van der Waals surface area contributed by atoms with Crippen LogP contribution >= 0.6 is 0 Å². The predicted octanol–water partition coefficient (Wildman–Crippen LogP) is 2.60. The van der Waals surface area contributed by atoms with E-state index >= 15 is 0 Å². The Morgan fingerprint density at radius 3 is 2.29 bits per heavy atom. The predicted molar refractivity (Wildman–Crippen MR) is 75.4 cm³/mol. The Morgan fingerprint density at radius 2 is 1.65 bits per heavy atom. The summed E-state index contributed by atoms with van der Waals surface area (Å²) in [5, 5.41) is 6.97. The van der Waals surface area contributed by atoms with Crippen LogP contribution in [-0.4, -0.2) is 25.2 Å². The van der Waals surface area contributed by atoms with E-state index in [1.165, 1.54) is 12.0 Å². The highest BCUT2D eigenvalue weighted by molar-refractivity contribution is 5.14. The maximum Gasteiger partial charge on any atom is 0.00965 e. The molecule has 0 radical (unpaired) electrons. The molecule has 0 aromatic heterocycles. The molecule has 0 fully saturated rings. The number of rotatable bonds is 7. The van der Waals surface area contributed by atoms with Crippen LogP contribution in [0.3, 0.4) is 0 Å². The van der Waals surface area contributed by atoms with Gasteiger partial charge >= 0.3 is 0 Å². The Balaban J connectivity index is 1.95. The molecule has 2 heteroatoms.